The summed E-state index contributed by atoms with van der Waals surface area (Å²) in [4.78, 5) is 14.0. The highest BCUT2D eigenvalue weighted by Gasteiger charge is 2.24. The second-order valence-corrected chi connectivity index (χ2v) is 6.25. The van der Waals surface area contributed by atoms with E-state index >= 15 is 0 Å². The van der Waals surface area contributed by atoms with E-state index < -0.39 is 0 Å². The van der Waals surface area contributed by atoms with Crippen molar-refractivity contribution < 1.29 is 4.79 Å². The number of amides is 1. The zero-order chi connectivity index (χ0) is 13.4. The number of carbonyl (C=O) groups excluding carboxylic acids is 1. The van der Waals surface area contributed by atoms with Crippen molar-refractivity contribution >= 4 is 17.5 Å². The Labute approximate surface area is 117 Å². The fourth-order valence-corrected chi connectivity index (χ4v) is 2.90. The van der Waals surface area contributed by atoms with Crippen LogP contribution in [-0.4, -0.2) is 29.3 Å². The van der Waals surface area contributed by atoms with Crippen molar-refractivity contribution in [1.82, 2.24) is 4.90 Å². The van der Waals surface area contributed by atoms with Gasteiger partial charge in [-0.3, -0.25) is 4.79 Å². The van der Waals surface area contributed by atoms with Gasteiger partial charge in [0.2, 0.25) is 5.91 Å². The number of nitrogens with zero attached hydrogens (tertiary/aromatic N) is 1. The number of unbranched alkanes of at least 4 members (excludes halogenated alkanes) is 4. The van der Waals surface area contributed by atoms with Crippen molar-refractivity contribution in [3.63, 3.8) is 0 Å². The monoisotopic (exact) mass is 273 g/mol. The molecule has 18 heavy (non-hydrogen) atoms. The van der Waals surface area contributed by atoms with Crippen LogP contribution in [0.3, 0.4) is 0 Å². The predicted molar refractivity (Wildman–Crippen MR) is 78.0 cm³/mol. The van der Waals surface area contributed by atoms with Gasteiger partial charge in [-0.05, 0) is 32.1 Å². The van der Waals surface area contributed by atoms with Crippen molar-refractivity contribution in [1.29, 1.82) is 0 Å². The van der Waals surface area contributed by atoms with E-state index in [1.807, 2.05) is 4.90 Å². The summed E-state index contributed by atoms with van der Waals surface area (Å²) in [5.74, 6) is 0.951. The number of likely N-dealkylation sites (tertiary alicyclic amines) is 1. The third-order valence-electron chi connectivity index (χ3n) is 4.04. The molecule has 1 aliphatic heterocycles. The lowest BCUT2D eigenvalue weighted by atomic mass is 9.94. The molecule has 106 valence electrons. The quantitative estimate of drug-likeness (QED) is 0.503. The Balaban J connectivity index is 2.12. The van der Waals surface area contributed by atoms with Gasteiger partial charge < -0.3 is 4.90 Å². The summed E-state index contributed by atoms with van der Waals surface area (Å²) in [6, 6.07) is 0. The summed E-state index contributed by atoms with van der Waals surface area (Å²) in [6.07, 6.45) is 8.99. The first kappa shape index (κ1) is 15.8. The molecule has 0 aliphatic carbocycles. The molecule has 1 unspecified atom stereocenters. The van der Waals surface area contributed by atoms with Crippen molar-refractivity contribution in [3.05, 3.63) is 0 Å². The molecule has 0 aromatic carbocycles. The molecule has 0 aromatic rings. The van der Waals surface area contributed by atoms with E-state index in [0.717, 1.165) is 38.8 Å². The Bertz CT molecular complexity index is 235. The maximum atomic E-state index is 12.0. The highest BCUT2D eigenvalue weighted by atomic mass is 35.5. The smallest absolute Gasteiger partial charge is 0.222 e. The van der Waals surface area contributed by atoms with Crippen LogP contribution in [0.2, 0.25) is 0 Å². The molecule has 0 saturated carbocycles. The Kier molecular flexibility index (Phi) is 7.73. The Morgan fingerprint density at radius 1 is 1.22 bits per heavy atom. The lowest BCUT2D eigenvalue weighted by Gasteiger charge is -2.33. The average Bonchev–Trinajstić information content (AvgIpc) is 2.38. The lowest BCUT2D eigenvalue weighted by Crippen LogP contribution is -2.39. The van der Waals surface area contributed by atoms with Gasteiger partial charge in [-0.2, -0.15) is 0 Å². The van der Waals surface area contributed by atoms with Gasteiger partial charge in [0.1, 0.15) is 0 Å². The Morgan fingerprint density at radius 3 is 2.39 bits per heavy atom. The summed E-state index contributed by atoms with van der Waals surface area (Å²) in [6.45, 7) is 6.11. The van der Waals surface area contributed by atoms with Gasteiger partial charge in [-0.25, -0.2) is 0 Å². The summed E-state index contributed by atoms with van der Waals surface area (Å²) < 4.78 is 0. The van der Waals surface area contributed by atoms with Gasteiger partial charge >= 0.3 is 0 Å². The molecule has 1 fully saturated rings. The second-order valence-electron chi connectivity index (χ2n) is 5.56. The molecular weight excluding hydrogens is 246 g/mol. The molecule has 1 aliphatic rings. The standard InChI is InChI=1S/C15H28ClNO/c1-3-4-5-6-7-8-15(18)17-11-9-14(10-12-17)13(2)16/h13-14H,3-12H2,1-2H3. The van der Waals surface area contributed by atoms with Gasteiger partial charge in [0.05, 0.1) is 0 Å². The summed E-state index contributed by atoms with van der Waals surface area (Å²) in [7, 11) is 0. The molecule has 0 N–H and O–H groups in total. The van der Waals surface area contributed by atoms with E-state index in [9.17, 15) is 4.79 Å². The van der Waals surface area contributed by atoms with Crippen LogP contribution in [0.5, 0.6) is 0 Å². The highest BCUT2D eigenvalue weighted by molar-refractivity contribution is 6.20. The van der Waals surface area contributed by atoms with Crippen LogP contribution in [0.15, 0.2) is 0 Å². The number of hydrogen-bond acceptors (Lipinski definition) is 1. The molecule has 0 radical (unpaired) electrons. The van der Waals surface area contributed by atoms with Crippen molar-refractivity contribution in [2.24, 2.45) is 5.92 Å². The number of carbonyl (C=O) groups is 1. The van der Waals surface area contributed by atoms with Gasteiger partial charge in [-0.1, -0.05) is 32.6 Å². The van der Waals surface area contributed by atoms with E-state index in [4.69, 9.17) is 11.6 Å². The Hall–Kier alpha value is -0.240. The van der Waals surface area contributed by atoms with Crippen LogP contribution in [-0.2, 0) is 4.79 Å². The van der Waals surface area contributed by atoms with Crippen LogP contribution in [0, 0.1) is 5.92 Å². The molecule has 1 amide bonds. The molecule has 0 bridgehead atoms. The fourth-order valence-electron chi connectivity index (χ4n) is 2.65. The number of halogens is 1. The summed E-state index contributed by atoms with van der Waals surface area (Å²) in [5.41, 5.74) is 0. The molecule has 1 heterocycles. The van der Waals surface area contributed by atoms with Crippen LogP contribution in [0.4, 0.5) is 0 Å². The summed E-state index contributed by atoms with van der Waals surface area (Å²) >= 11 is 6.11. The summed E-state index contributed by atoms with van der Waals surface area (Å²) in [5, 5.41) is 0.247. The van der Waals surface area contributed by atoms with Gasteiger partial charge in [0.25, 0.3) is 0 Å². The highest BCUT2D eigenvalue weighted by Crippen LogP contribution is 2.24. The first-order valence-corrected chi connectivity index (χ1v) is 8.00. The topological polar surface area (TPSA) is 20.3 Å². The largest absolute Gasteiger partial charge is 0.343 e. The molecule has 1 rings (SSSR count). The first-order valence-electron chi connectivity index (χ1n) is 7.57. The molecule has 3 heteroatoms. The SMILES string of the molecule is CCCCCCCC(=O)N1CCC(C(C)Cl)CC1. The normalized spacial score (nSPS) is 18.9. The molecular formula is C15H28ClNO. The number of alkyl halides is 1. The van der Waals surface area contributed by atoms with Gasteiger partial charge in [0, 0.05) is 24.9 Å². The maximum absolute atomic E-state index is 12.0. The zero-order valence-electron chi connectivity index (χ0n) is 12.0. The maximum Gasteiger partial charge on any atom is 0.222 e. The minimum absolute atomic E-state index is 0.247. The number of hydrogen-bond donors (Lipinski definition) is 0. The van der Waals surface area contributed by atoms with Crippen LogP contribution < -0.4 is 0 Å². The molecule has 0 aromatic heterocycles. The fraction of sp³-hybridized carbons (Fsp3) is 0.933. The van der Waals surface area contributed by atoms with E-state index in [1.54, 1.807) is 0 Å². The van der Waals surface area contributed by atoms with Gasteiger partial charge in [-0.15, -0.1) is 11.6 Å². The van der Waals surface area contributed by atoms with Crippen LogP contribution >= 0.6 is 11.6 Å². The third-order valence-corrected chi connectivity index (χ3v) is 4.39. The van der Waals surface area contributed by atoms with E-state index in [1.165, 1.54) is 25.7 Å². The van der Waals surface area contributed by atoms with E-state index in [0.29, 0.717) is 11.8 Å². The van der Waals surface area contributed by atoms with Gasteiger partial charge in [0.15, 0.2) is 0 Å². The number of rotatable bonds is 7. The predicted octanol–water partition coefficient (Wildman–Crippen LogP) is 4.21. The number of piperidine rings is 1. The van der Waals surface area contributed by atoms with Crippen LogP contribution in [0.1, 0.15) is 65.2 Å². The lowest BCUT2D eigenvalue weighted by molar-refractivity contribution is -0.132. The van der Waals surface area contributed by atoms with Crippen molar-refractivity contribution in [2.45, 2.75) is 70.6 Å². The second kappa shape index (κ2) is 8.79. The third kappa shape index (κ3) is 5.60. The van der Waals surface area contributed by atoms with E-state index in [2.05, 4.69) is 13.8 Å². The average molecular weight is 274 g/mol. The minimum Gasteiger partial charge on any atom is -0.343 e. The molecule has 2 nitrogen and oxygen atoms in total. The molecule has 0 spiro atoms. The molecule has 1 atom stereocenters. The van der Waals surface area contributed by atoms with E-state index in [-0.39, 0.29) is 5.38 Å². The molecule has 1 saturated heterocycles. The minimum atomic E-state index is 0.247. The van der Waals surface area contributed by atoms with Crippen molar-refractivity contribution in [2.75, 3.05) is 13.1 Å². The zero-order valence-corrected chi connectivity index (χ0v) is 12.7. The van der Waals surface area contributed by atoms with Crippen molar-refractivity contribution in [3.8, 4) is 0 Å². The first-order chi connectivity index (χ1) is 8.65. The van der Waals surface area contributed by atoms with Crippen LogP contribution in [0.25, 0.3) is 0 Å². The Morgan fingerprint density at radius 2 is 1.83 bits per heavy atom.